The van der Waals surface area contributed by atoms with E-state index in [-0.39, 0.29) is 21.7 Å². The molecule has 0 bridgehead atoms. The van der Waals surface area contributed by atoms with Crippen molar-refractivity contribution in [1.29, 1.82) is 0 Å². The molecule has 2 aromatic carbocycles. The van der Waals surface area contributed by atoms with Gasteiger partial charge < -0.3 is 0 Å². The van der Waals surface area contributed by atoms with Gasteiger partial charge >= 0.3 is 0 Å². The van der Waals surface area contributed by atoms with E-state index in [1.54, 1.807) is 0 Å². The van der Waals surface area contributed by atoms with Crippen LogP contribution in [-0.4, -0.2) is 0 Å². The summed E-state index contributed by atoms with van der Waals surface area (Å²) in [7, 11) is 0. The van der Waals surface area contributed by atoms with Gasteiger partial charge in [-0.15, -0.1) is 0 Å². The van der Waals surface area contributed by atoms with Crippen LogP contribution in [0.25, 0.3) is 0 Å². The summed E-state index contributed by atoms with van der Waals surface area (Å²) in [4.78, 5) is 0. The molecule has 0 fully saturated rings. The average Bonchev–Trinajstić information content (AvgIpc) is 2.73. The van der Waals surface area contributed by atoms with Crippen molar-refractivity contribution >= 4 is 0 Å². The highest BCUT2D eigenvalue weighted by Crippen LogP contribution is 2.53. The standard InChI is InChI=1S/C26H36/c1-23(2,3)18-11-10-12-20(15-18)26(9)17-25(7,8)22-16-19(24(4,5)6)13-14-21(22)26/h10-16H,17H2,1-9H3. The third kappa shape index (κ3) is 3.13. The van der Waals surface area contributed by atoms with Crippen LogP contribution >= 0.6 is 0 Å². The quantitative estimate of drug-likeness (QED) is 0.508. The van der Waals surface area contributed by atoms with Crippen molar-refractivity contribution in [2.45, 2.75) is 90.4 Å². The molecule has 0 spiro atoms. The average molecular weight is 349 g/mol. The van der Waals surface area contributed by atoms with Gasteiger partial charge in [0.1, 0.15) is 0 Å². The number of fused-ring (bicyclic) bond motifs is 1. The van der Waals surface area contributed by atoms with Crippen LogP contribution in [0.5, 0.6) is 0 Å². The van der Waals surface area contributed by atoms with E-state index in [2.05, 4.69) is 105 Å². The maximum absolute atomic E-state index is 2.48. The summed E-state index contributed by atoms with van der Waals surface area (Å²) in [5.41, 5.74) is 8.02. The van der Waals surface area contributed by atoms with E-state index < -0.39 is 0 Å². The highest BCUT2D eigenvalue weighted by Gasteiger charge is 2.46. The molecule has 0 saturated carbocycles. The second-order valence-electron chi connectivity index (χ2n) is 11.2. The lowest BCUT2D eigenvalue weighted by Crippen LogP contribution is -2.24. The minimum absolute atomic E-state index is 0.0799. The second kappa shape index (κ2) is 5.72. The lowest BCUT2D eigenvalue weighted by atomic mass is 9.73. The Morgan fingerprint density at radius 3 is 1.85 bits per heavy atom. The van der Waals surface area contributed by atoms with Crippen LogP contribution in [0, 0.1) is 0 Å². The van der Waals surface area contributed by atoms with E-state index in [1.165, 1.54) is 27.8 Å². The monoisotopic (exact) mass is 348 g/mol. The molecule has 0 N–H and O–H groups in total. The molecule has 1 atom stereocenters. The van der Waals surface area contributed by atoms with Crippen molar-refractivity contribution in [3.63, 3.8) is 0 Å². The molecule has 0 aromatic heterocycles. The van der Waals surface area contributed by atoms with Crippen LogP contribution < -0.4 is 0 Å². The summed E-state index contributed by atoms with van der Waals surface area (Å²) < 4.78 is 0. The van der Waals surface area contributed by atoms with Gasteiger partial charge in [-0.3, -0.25) is 0 Å². The van der Waals surface area contributed by atoms with E-state index in [0.717, 1.165) is 6.42 Å². The molecule has 1 aliphatic rings. The fraction of sp³-hybridized carbons (Fsp3) is 0.538. The van der Waals surface area contributed by atoms with E-state index in [0.29, 0.717) is 0 Å². The molecule has 0 saturated heterocycles. The Hall–Kier alpha value is -1.56. The molecular weight excluding hydrogens is 312 g/mol. The Bertz CT molecular complexity index is 824. The Morgan fingerprint density at radius 2 is 1.27 bits per heavy atom. The minimum Gasteiger partial charge on any atom is -0.0617 e. The van der Waals surface area contributed by atoms with Crippen LogP contribution in [0.2, 0.25) is 0 Å². The van der Waals surface area contributed by atoms with Gasteiger partial charge in [-0.1, -0.05) is 105 Å². The zero-order valence-electron chi connectivity index (χ0n) is 18.2. The molecule has 2 aromatic rings. The minimum atomic E-state index is 0.0799. The maximum Gasteiger partial charge on any atom is 0.0186 e. The van der Waals surface area contributed by atoms with Crippen molar-refractivity contribution in [2.75, 3.05) is 0 Å². The van der Waals surface area contributed by atoms with Crippen molar-refractivity contribution in [1.82, 2.24) is 0 Å². The van der Waals surface area contributed by atoms with Crippen LogP contribution in [0.15, 0.2) is 42.5 Å². The molecule has 1 aliphatic carbocycles. The molecule has 3 rings (SSSR count). The van der Waals surface area contributed by atoms with Gasteiger partial charge in [-0.25, -0.2) is 0 Å². The second-order valence-corrected chi connectivity index (χ2v) is 11.2. The van der Waals surface area contributed by atoms with E-state index in [9.17, 15) is 0 Å². The van der Waals surface area contributed by atoms with Gasteiger partial charge in [-0.2, -0.15) is 0 Å². The van der Waals surface area contributed by atoms with Gasteiger partial charge in [0, 0.05) is 5.41 Å². The molecule has 0 amide bonds. The molecule has 0 heteroatoms. The van der Waals surface area contributed by atoms with Crippen LogP contribution in [-0.2, 0) is 21.7 Å². The SMILES string of the molecule is CC(C)(C)c1cccc(C2(C)CC(C)(C)c3cc(C(C)(C)C)ccc32)c1. The van der Waals surface area contributed by atoms with E-state index >= 15 is 0 Å². The van der Waals surface area contributed by atoms with Gasteiger partial charge in [0.2, 0.25) is 0 Å². The summed E-state index contributed by atoms with van der Waals surface area (Å²) in [6.07, 6.45) is 1.16. The maximum atomic E-state index is 2.48. The Labute approximate surface area is 161 Å². The summed E-state index contributed by atoms with van der Waals surface area (Å²) in [5, 5.41) is 0. The number of hydrogen-bond donors (Lipinski definition) is 0. The zero-order valence-corrected chi connectivity index (χ0v) is 18.2. The van der Waals surface area contributed by atoms with Crippen molar-refractivity contribution < 1.29 is 0 Å². The molecule has 0 aliphatic heterocycles. The Balaban J connectivity index is 2.18. The molecule has 0 nitrogen and oxygen atoms in total. The lowest BCUT2D eigenvalue weighted by Gasteiger charge is -2.30. The largest absolute Gasteiger partial charge is 0.0617 e. The Morgan fingerprint density at radius 1 is 0.692 bits per heavy atom. The number of benzene rings is 2. The zero-order chi connectivity index (χ0) is 19.5. The Kier molecular flexibility index (Phi) is 4.22. The molecule has 1 unspecified atom stereocenters. The summed E-state index contributed by atoms with van der Waals surface area (Å²) in [5.74, 6) is 0. The van der Waals surface area contributed by atoms with Crippen LogP contribution in [0.3, 0.4) is 0 Å². The summed E-state index contributed by atoms with van der Waals surface area (Å²) in [6.45, 7) is 21.1. The smallest absolute Gasteiger partial charge is 0.0186 e. The molecular formula is C26H36. The summed E-state index contributed by atoms with van der Waals surface area (Å²) >= 11 is 0. The highest BCUT2D eigenvalue weighted by molar-refractivity contribution is 5.54. The van der Waals surface area contributed by atoms with Gasteiger partial charge in [0.15, 0.2) is 0 Å². The molecule has 26 heavy (non-hydrogen) atoms. The van der Waals surface area contributed by atoms with Crippen molar-refractivity contribution in [2.24, 2.45) is 0 Å². The predicted molar refractivity (Wildman–Crippen MR) is 114 cm³/mol. The highest BCUT2D eigenvalue weighted by atomic mass is 14.5. The van der Waals surface area contributed by atoms with Gasteiger partial charge in [0.25, 0.3) is 0 Å². The van der Waals surface area contributed by atoms with Crippen molar-refractivity contribution in [3.05, 3.63) is 70.3 Å². The first-order valence-corrected chi connectivity index (χ1v) is 10.0. The number of rotatable bonds is 1. The van der Waals surface area contributed by atoms with Crippen molar-refractivity contribution in [3.8, 4) is 0 Å². The lowest BCUT2D eigenvalue weighted by molar-refractivity contribution is 0.424. The van der Waals surface area contributed by atoms with E-state index in [4.69, 9.17) is 0 Å². The van der Waals surface area contributed by atoms with Gasteiger partial charge in [-0.05, 0) is 50.5 Å². The molecule has 0 radical (unpaired) electrons. The third-order valence-electron chi connectivity index (χ3n) is 6.37. The van der Waals surface area contributed by atoms with Crippen LogP contribution in [0.4, 0.5) is 0 Å². The first-order chi connectivity index (χ1) is 11.7. The molecule has 140 valence electrons. The third-order valence-corrected chi connectivity index (χ3v) is 6.37. The predicted octanol–water partition coefficient (Wildman–Crippen LogP) is 7.27. The van der Waals surface area contributed by atoms with Gasteiger partial charge in [0.05, 0.1) is 0 Å². The summed E-state index contributed by atoms with van der Waals surface area (Å²) in [6, 6.07) is 16.5. The van der Waals surface area contributed by atoms with Crippen LogP contribution in [0.1, 0.15) is 96.6 Å². The topological polar surface area (TPSA) is 0 Å². The first-order valence-electron chi connectivity index (χ1n) is 10.0. The first kappa shape index (κ1) is 19.2. The fourth-order valence-corrected chi connectivity index (χ4v) is 4.71. The normalized spacial score (nSPS) is 22.3. The number of hydrogen-bond acceptors (Lipinski definition) is 0. The fourth-order valence-electron chi connectivity index (χ4n) is 4.71. The van der Waals surface area contributed by atoms with E-state index in [1.807, 2.05) is 0 Å². The molecule has 0 heterocycles.